The van der Waals surface area contributed by atoms with Crippen molar-refractivity contribution in [3.63, 3.8) is 0 Å². The van der Waals surface area contributed by atoms with Gasteiger partial charge in [0, 0.05) is 45.0 Å². The third kappa shape index (κ3) is 9.79. The molecule has 0 fully saturated rings. The number of fused-ring (bicyclic) bond motifs is 3. The second kappa shape index (κ2) is 18.7. The van der Waals surface area contributed by atoms with Gasteiger partial charge in [0.2, 0.25) is 0 Å². The Bertz CT molecular complexity index is 1920. The van der Waals surface area contributed by atoms with Crippen LogP contribution in [0.2, 0.25) is 0 Å². The summed E-state index contributed by atoms with van der Waals surface area (Å²) >= 11 is 11.3. The molecule has 0 aromatic heterocycles. The van der Waals surface area contributed by atoms with Crippen molar-refractivity contribution >= 4 is 45.6 Å². The highest BCUT2D eigenvalue weighted by molar-refractivity contribution is 8.05. The SMILES string of the molecule is CCCCCCCCC1(CCCCCCCC)c2ccccc2-c2ccc(-c3ccc(N(c4ccccc4)c4ccc(OP(=O)(Cl)Cl)cc4)cc3)cc21. The molecule has 5 aromatic carbocycles. The van der Waals surface area contributed by atoms with Crippen LogP contribution >= 0.6 is 28.6 Å². The van der Waals surface area contributed by atoms with Crippen molar-refractivity contribution in [3.05, 3.63) is 132 Å². The zero-order chi connectivity index (χ0) is 37.1. The molecule has 3 nitrogen and oxygen atoms in total. The van der Waals surface area contributed by atoms with Gasteiger partial charge in [-0.1, -0.05) is 158 Å². The molecular weight excluding hydrogens is 712 g/mol. The van der Waals surface area contributed by atoms with Gasteiger partial charge in [0.05, 0.1) is 0 Å². The van der Waals surface area contributed by atoms with Crippen LogP contribution in [0.1, 0.15) is 115 Å². The fourth-order valence-electron chi connectivity index (χ4n) is 8.32. The number of anilines is 3. The Hall–Kier alpha value is -3.49. The number of hydrogen-bond donors (Lipinski definition) is 0. The second-order valence-corrected chi connectivity index (χ2v) is 18.8. The molecule has 0 saturated heterocycles. The van der Waals surface area contributed by atoms with Crippen LogP contribution in [0.25, 0.3) is 22.3 Å². The predicted molar refractivity (Wildman–Crippen MR) is 229 cm³/mol. The second-order valence-electron chi connectivity index (χ2n) is 14.6. The van der Waals surface area contributed by atoms with Crippen molar-refractivity contribution in [1.29, 1.82) is 0 Å². The number of halogens is 2. The zero-order valence-corrected chi connectivity index (χ0v) is 33.8. The number of unbranched alkanes of at least 4 members (excludes halogenated alkanes) is 10. The molecule has 6 heteroatoms. The lowest BCUT2D eigenvalue weighted by Gasteiger charge is -2.33. The van der Waals surface area contributed by atoms with Crippen LogP contribution < -0.4 is 9.42 Å². The Morgan fingerprint density at radius 1 is 0.528 bits per heavy atom. The predicted octanol–water partition coefficient (Wildman–Crippen LogP) is 16.6. The van der Waals surface area contributed by atoms with Crippen molar-refractivity contribution in [1.82, 2.24) is 0 Å². The molecule has 278 valence electrons. The first-order chi connectivity index (χ1) is 25.8. The number of hydrogen-bond acceptors (Lipinski definition) is 3. The van der Waals surface area contributed by atoms with Gasteiger partial charge >= 0.3 is 6.07 Å². The largest absolute Gasteiger partial charge is 0.428 e. The molecule has 0 radical (unpaired) electrons. The van der Waals surface area contributed by atoms with E-state index in [9.17, 15) is 4.57 Å². The summed E-state index contributed by atoms with van der Waals surface area (Å²) in [6.45, 7) is 4.60. The molecule has 6 rings (SSSR count). The van der Waals surface area contributed by atoms with E-state index in [1.165, 1.54) is 118 Å². The van der Waals surface area contributed by atoms with Crippen LogP contribution in [0.5, 0.6) is 5.75 Å². The van der Waals surface area contributed by atoms with E-state index in [1.807, 2.05) is 30.3 Å². The van der Waals surface area contributed by atoms with Gasteiger partial charge in [-0.25, -0.2) is 4.57 Å². The quantitative estimate of drug-likeness (QED) is 0.0584. The molecule has 0 unspecified atom stereocenters. The molecule has 5 aromatic rings. The standard InChI is InChI=1S/C47H54Cl2NO2P/c1-3-5-7-9-11-18-34-47(35-19-12-10-8-6-4-2)45-23-17-16-22-43(45)44-33-26-38(36-46(44)47)37-24-27-40(28-25-37)50(39-20-14-13-15-21-39)41-29-31-42(32-30-41)52-53(48,49)51/h13-17,20-33,36H,3-12,18-19,34-35H2,1-2H3. The smallest absolute Gasteiger partial charge is 0.422 e. The minimum absolute atomic E-state index is 0.0536. The van der Waals surface area contributed by atoms with Gasteiger partial charge in [0.15, 0.2) is 0 Å². The Kier molecular flexibility index (Phi) is 13.8. The number of nitrogens with zero attached hydrogens (tertiary/aromatic N) is 1. The summed E-state index contributed by atoms with van der Waals surface area (Å²) in [5.74, 6) is 0.355. The van der Waals surface area contributed by atoms with Crippen LogP contribution in [0, 0.1) is 0 Å². The average molecular weight is 767 g/mol. The molecule has 0 saturated carbocycles. The minimum atomic E-state index is -3.70. The first-order valence-electron chi connectivity index (χ1n) is 19.8. The molecule has 1 aliphatic carbocycles. The average Bonchev–Trinajstić information content (AvgIpc) is 3.44. The van der Waals surface area contributed by atoms with Crippen LogP contribution in [0.15, 0.2) is 121 Å². The number of para-hydroxylation sites is 1. The molecule has 0 atom stereocenters. The van der Waals surface area contributed by atoms with E-state index in [-0.39, 0.29) is 5.41 Å². The fourth-order valence-corrected chi connectivity index (χ4v) is 9.16. The van der Waals surface area contributed by atoms with Gasteiger partial charge in [-0.05, 0) is 101 Å². The molecule has 53 heavy (non-hydrogen) atoms. The van der Waals surface area contributed by atoms with Crippen LogP contribution in [0.4, 0.5) is 17.1 Å². The molecule has 0 amide bonds. The normalized spacial score (nSPS) is 13.1. The van der Waals surface area contributed by atoms with E-state index < -0.39 is 6.07 Å². The summed E-state index contributed by atoms with van der Waals surface area (Å²) in [5.41, 5.74) is 11.4. The van der Waals surface area contributed by atoms with Crippen LogP contribution in [0.3, 0.4) is 0 Å². The summed E-state index contributed by atoms with van der Waals surface area (Å²) in [5, 5.41) is 0. The molecule has 1 aliphatic rings. The number of benzene rings is 5. The maximum atomic E-state index is 11.8. The van der Waals surface area contributed by atoms with Gasteiger partial charge in [-0.3, -0.25) is 0 Å². The van der Waals surface area contributed by atoms with Gasteiger partial charge < -0.3 is 9.42 Å². The van der Waals surface area contributed by atoms with Gasteiger partial charge in [0.1, 0.15) is 5.75 Å². The fraction of sp³-hybridized carbons (Fsp3) is 0.362. The molecular formula is C47H54Cl2NO2P. The highest BCUT2D eigenvalue weighted by atomic mass is 35.9. The van der Waals surface area contributed by atoms with Crippen molar-refractivity contribution in [2.75, 3.05) is 4.90 Å². The Balaban J connectivity index is 1.32. The van der Waals surface area contributed by atoms with Gasteiger partial charge in [-0.2, -0.15) is 0 Å². The maximum Gasteiger partial charge on any atom is 0.428 e. The summed E-state index contributed by atoms with van der Waals surface area (Å²) in [6.07, 6.45) is 14.5. The lowest BCUT2D eigenvalue weighted by molar-refractivity contribution is 0.398. The van der Waals surface area contributed by atoms with Gasteiger partial charge in [0.25, 0.3) is 0 Å². The zero-order valence-electron chi connectivity index (χ0n) is 31.4. The molecule has 0 bridgehead atoms. The van der Waals surface area contributed by atoms with Crippen molar-refractivity contribution in [3.8, 4) is 28.0 Å². The highest BCUT2D eigenvalue weighted by Crippen LogP contribution is 2.57. The lowest BCUT2D eigenvalue weighted by Crippen LogP contribution is -2.25. The van der Waals surface area contributed by atoms with Crippen LogP contribution in [-0.2, 0) is 9.98 Å². The monoisotopic (exact) mass is 765 g/mol. The van der Waals surface area contributed by atoms with E-state index in [0.717, 1.165) is 17.1 Å². The van der Waals surface area contributed by atoms with E-state index >= 15 is 0 Å². The molecule has 0 aliphatic heterocycles. The third-order valence-electron chi connectivity index (χ3n) is 11.0. The third-order valence-corrected chi connectivity index (χ3v) is 11.8. The Morgan fingerprint density at radius 2 is 1.02 bits per heavy atom. The van der Waals surface area contributed by atoms with E-state index in [4.69, 9.17) is 27.0 Å². The maximum absolute atomic E-state index is 11.8. The first-order valence-corrected chi connectivity index (χ1v) is 23.3. The van der Waals surface area contributed by atoms with Gasteiger partial charge in [-0.15, -0.1) is 0 Å². The number of rotatable bonds is 20. The van der Waals surface area contributed by atoms with Crippen molar-refractivity contribution in [2.45, 2.75) is 109 Å². The minimum Gasteiger partial charge on any atom is -0.422 e. The summed E-state index contributed by atoms with van der Waals surface area (Å²) in [7, 11) is 0. The summed E-state index contributed by atoms with van der Waals surface area (Å²) in [6, 6.07) is 43.0. The Labute approximate surface area is 327 Å². The topological polar surface area (TPSA) is 29.5 Å². The van der Waals surface area contributed by atoms with Crippen LogP contribution in [-0.4, -0.2) is 0 Å². The molecule has 0 N–H and O–H groups in total. The lowest BCUT2D eigenvalue weighted by atomic mass is 9.70. The molecule has 0 heterocycles. The highest BCUT2D eigenvalue weighted by Gasteiger charge is 2.42. The van der Waals surface area contributed by atoms with E-state index in [1.54, 1.807) is 17.7 Å². The Morgan fingerprint density at radius 3 is 1.62 bits per heavy atom. The van der Waals surface area contributed by atoms with Crippen molar-refractivity contribution in [2.24, 2.45) is 0 Å². The van der Waals surface area contributed by atoms with E-state index in [2.05, 4.69) is 97.6 Å². The summed E-state index contributed by atoms with van der Waals surface area (Å²) in [4.78, 5) is 2.19. The first kappa shape index (κ1) is 39.2. The van der Waals surface area contributed by atoms with Crippen molar-refractivity contribution < 1.29 is 9.09 Å². The summed E-state index contributed by atoms with van der Waals surface area (Å²) < 4.78 is 17.1. The van der Waals surface area contributed by atoms with E-state index in [0.29, 0.717) is 5.75 Å². The molecule has 0 spiro atoms.